The van der Waals surface area contributed by atoms with E-state index in [0.717, 1.165) is 5.56 Å². The number of nitrogens with zero attached hydrogens (tertiary/aromatic N) is 2. The molecule has 0 aromatic carbocycles. The molecule has 0 aliphatic carbocycles. The summed E-state index contributed by atoms with van der Waals surface area (Å²) in [6, 6.07) is 0. The molecule has 0 fully saturated rings. The van der Waals surface area contributed by atoms with Gasteiger partial charge in [0.15, 0.2) is 5.16 Å². The molecule has 0 saturated carbocycles. The summed E-state index contributed by atoms with van der Waals surface area (Å²) >= 11 is 1.47. The Labute approximate surface area is 86.4 Å². The first-order valence-corrected chi connectivity index (χ1v) is 5.11. The van der Waals surface area contributed by atoms with Crippen molar-refractivity contribution in [3.63, 3.8) is 0 Å². The molecule has 0 saturated heterocycles. The summed E-state index contributed by atoms with van der Waals surface area (Å²) in [7, 11) is 1.33. The minimum absolute atomic E-state index is 0.390. The second-order valence-electron chi connectivity index (χ2n) is 2.36. The highest BCUT2D eigenvalue weighted by Crippen LogP contribution is 2.07. The highest BCUT2D eigenvalue weighted by atomic mass is 32.2. The maximum absolute atomic E-state index is 10.8. The molecule has 5 heteroatoms. The van der Waals surface area contributed by atoms with Crippen LogP contribution in [-0.4, -0.2) is 29.3 Å². The first-order chi connectivity index (χ1) is 6.76. The number of aromatic nitrogens is 2. The quantitative estimate of drug-likeness (QED) is 0.326. The van der Waals surface area contributed by atoms with E-state index in [9.17, 15) is 4.79 Å². The summed E-state index contributed by atoms with van der Waals surface area (Å²) < 4.78 is 4.45. The van der Waals surface area contributed by atoms with Gasteiger partial charge < -0.3 is 4.74 Å². The Morgan fingerprint density at radius 2 is 2.14 bits per heavy atom. The zero-order chi connectivity index (χ0) is 10.4. The lowest BCUT2D eigenvalue weighted by Crippen LogP contribution is -1.93. The van der Waals surface area contributed by atoms with Gasteiger partial charge in [-0.15, -0.1) is 0 Å². The van der Waals surface area contributed by atoms with Gasteiger partial charge in [0.25, 0.3) is 0 Å². The minimum Gasteiger partial charge on any atom is -0.466 e. The molecule has 0 aliphatic rings. The number of esters is 1. The molecule has 0 unspecified atom stereocenters. The fraction of sp³-hybridized carbons (Fsp3) is 0.222. The van der Waals surface area contributed by atoms with Crippen LogP contribution >= 0.6 is 11.8 Å². The van der Waals surface area contributed by atoms with E-state index in [-0.39, 0.29) is 5.97 Å². The molecule has 1 aromatic rings. The predicted molar refractivity (Wildman–Crippen MR) is 54.9 cm³/mol. The Bertz CT molecular complexity index is 335. The normalized spacial score (nSPS) is 10.4. The van der Waals surface area contributed by atoms with Crippen LogP contribution in [0.3, 0.4) is 0 Å². The third-order valence-corrected chi connectivity index (χ3v) is 2.02. The molecule has 0 radical (unpaired) electrons. The summed E-state index contributed by atoms with van der Waals surface area (Å²) in [5.41, 5.74) is 0.771. The zero-order valence-electron chi connectivity index (χ0n) is 7.93. The monoisotopic (exact) mass is 210 g/mol. The minimum atomic E-state index is -0.390. The van der Waals surface area contributed by atoms with Crippen molar-refractivity contribution >= 4 is 23.8 Å². The molecule has 1 heterocycles. The van der Waals surface area contributed by atoms with Gasteiger partial charge in [0.2, 0.25) is 0 Å². The van der Waals surface area contributed by atoms with Crippen LogP contribution in [0.2, 0.25) is 0 Å². The number of ether oxygens (including phenoxy) is 1. The van der Waals surface area contributed by atoms with Gasteiger partial charge in [0.1, 0.15) is 0 Å². The Kier molecular flexibility index (Phi) is 4.12. The lowest BCUT2D eigenvalue weighted by Gasteiger charge is -1.94. The number of rotatable bonds is 3. The van der Waals surface area contributed by atoms with Gasteiger partial charge in [0, 0.05) is 24.0 Å². The van der Waals surface area contributed by atoms with Gasteiger partial charge in [-0.1, -0.05) is 11.8 Å². The molecule has 0 spiro atoms. The molecular weight excluding hydrogens is 200 g/mol. The Morgan fingerprint density at radius 1 is 1.50 bits per heavy atom. The molecule has 0 amide bonds. The van der Waals surface area contributed by atoms with Crippen LogP contribution in [0.15, 0.2) is 23.6 Å². The van der Waals surface area contributed by atoms with Gasteiger partial charge in [-0.25, -0.2) is 14.8 Å². The molecule has 74 valence electrons. The van der Waals surface area contributed by atoms with E-state index in [1.807, 2.05) is 6.26 Å². The van der Waals surface area contributed by atoms with Crippen molar-refractivity contribution in [2.24, 2.45) is 0 Å². The van der Waals surface area contributed by atoms with Crippen LogP contribution in [0.25, 0.3) is 6.08 Å². The molecule has 1 aromatic heterocycles. The second kappa shape index (κ2) is 5.39. The van der Waals surface area contributed by atoms with E-state index in [4.69, 9.17) is 0 Å². The van der Waals surface area contributed by atoms with Crippen molar-refractivity contribution in [1.29, 1.82) is 0 Å². The van der Waals surface area contributed by atoms with Gasteiger partial charge in [-0.2, -0.15) is 0 Å². The average molecular weight is 210 g/mol. The van der Waals surface area contributed by atoms with Gasteiger partial charge in [0.05, 0.1) is 7.11 Å². The van der Waals surface area contributed by atoms with Crippen molar-refractivity contribution in [3.8, 4) is 0 Å². The van der Waals surface area contributed by atoms with Crippen molar-refractivity contribution in [2.75, 3.05) is 13.4 Å². The van der Waals surface area contributed by atoms with Crippen LogP contribution < -0.4 is 0 Å². The van der Waals surface area contributed by atoms with Gasteiger partial charge in [-0.05, 0) is 12.3 Å². The topological polar surface area (TPSA) is 52.1 Å². The van der Waals surface area contributed by atoms with E-state index in [2.05, 4.69) is 14.7 Å². The summed E-state index contributed by atoms with van der Waals surface area (Å²) in [4.78, 5) is 18.9. The highest BCUT2D eigenvalue weighted by molar-refractivity contribution is 7.98. The first-order valence-electron chi connectivity index (χ1n) is 3.88. The number of hydrogen-bond donors (Lipinski definition) is 0. The van der Waals surface area contributed by atoms with Crippen molar-refractivity contribution in [1.82, 2.24) is 9.97 Å². The average Bonchev–Trinajstić information content (AvgIpc) is 2.26. The Balaban J connectivity index is 2.68. The van der Waals surface area contributed by atoms with Gasteiger partial charge in [-0.3, -0.25) is 0 Å². The van der Waals surface area contributed by atoms with Crippen molar-refractivity contribution < 1.29 is 9.53 Å². The summed E-state index contributed by atoms with van der Waals surface area (Å²) in [5, 5.41) is 0.709. The zero-order valence-corrected chi connectivity index (χ0v) is 8.75. The van der Waals surface area contributed by atoms with E-state index < -0.39 is 0 Å². The maximum atomic E-state index is 10.8. The molecule has 1 rings (SSSR count). The predicted octanol–water partition coefficient (Wildman–Crippen LogP) is 1.38. The van der Waals surface area contributed by atoms with Gasteiger partial charge >= 0.3 is 5.97 Å². The molecular formula is C9H10N2O2S. The van der Waals surface area contributed by atoms with E-state index in [1.165, 1.54) is 24.9 Å². The number of carbonyl (C=O) groups excluding carboxylic acids is 1. The van der Waals surface area contributed by atoms with Crippen LogP contribution in [-0.2, 0) is 9.53 Å². The summed E-state index contributed by atoms with van der Waals surface area (Å²) in [6.45, 7) is 0. The van der Waals surface area contributed by atoms with Crippen molar-refractivity contribution in [2.45, 2.75) is 5.16 Å². The van der Waals surface area contributed by atoms with E-state index in [1.54, 1.807) is 18.5 Å². The van der Waals surface area contributed by atoms with Crippen LogP contribution in [0.1, 0.15) is 5.56 Å². The maximum Gasteiger partial charge on any atom is 0.330 e. The fourth-order valence-corrected chi connectivity index (χ4v) is 1.07. The standard InChI is InChI=1S/C9H10N2O2S/c1-13-8(12)4-3-7-5-10-9(14-2)11-6-7/h3-6H,1-2H3. The molecule has 0 atom stereocenters. The van der Waals surface area contributed by atoms with Crippen LogP contribution in [0, 0.1) is 0 Å². The number of carbonyl (C=O) groups is 1. The first kappa shape index (κ1) is 10.7. The fourth-order valence-electron chi connectivity index (χ4n) is 0.750. The Morgan fingerprint density at radius 3 is 2.64 bits per heavy atom. The summed E-state index contributed by atoms with van der Waals surface area (Å²) in [5.74, 6) is -0.390. The molecule has 0 bridgehead atoms. The van der Waals surface area contributed by atoms with Crippen molar-refractivity contribution in [3.05, 3.63) is 24.0 Å². The van der Waals surface area contributed by atoms with E-state index >= 15 is 0 Å². The molecule has 0 N–H and O–H groups in total. The molecule has 14 heavy (non-hydrogen) atoms. The Hall–Kier alpha value is -1.36. The SMILES string of the molecule is COC(=O)C=Cc1cnc(SC)nc1. The smallest absolute Gasteiger partial charge is 0.330 e. The van der Waals surface area contributed by atoms with Crippen LogP contribution in [0.5, 0.6) is 0 Å². The largest absolute Gasteiger partial charge is 0.466 e. The number of hydrogen-bond acceptors (Lipinski definition) is 5. The van der Waals surface area contributed by atoms with Crippen LogP contribution in [0.4, 0.5) is 0 Å². The highest BCUT2D eigenvalue weighted by Gasteiger charge is 1.94. The third-order valence-electron chi connectivity index (χ3n) is 1.44. The lowest BCUT2D eigenvalue weighted by atomic mass is 10.3. The second-order valence-corrected chi connectivity index (χ2v) is 3.13. The third kappa shape index (κ3) is 3.18. The summed E-state index contributed by atoms with van der Waals surface area (Å²) in [6.07, 6.45) is 8.14. The van der Waals surface area contributed by atoms with E-state index in [0.29, 0.717) is 5.16 Å². The molecule has 4 nitrogen and oxygen atoms in total. The number of thioether (sulfide) groups is 1. The number of methoxy groups -OCH3 is 1. The molecule has 0 aliphatic heterocycles. The lowest BCUT2D eigenvalue weighted by molar-refractivity contribution is -0.134.